The lowest BCUT2D eigenvalue weighted by Gasteiger charge is -2.16. The minimum Gasteiger partial charge on any atom is -0.487 e. The maximum absolute atomic E-state index is 13.6. The van der Waals surface area contributed by atoms with Crippen LogP contribution < -0.4 is 4.74 Å². The van der Waals surface area contributed by atoms with E-state index in [1.54, 1.807) is 6.07 Å². The first-order chi connectivity index (χ1) is 7.44. The molecule has 0 saturated carbocycles. The highest BCUT2D eigenvalue weighted by Crippen LogP contribution is 2.38. The highest BCUT2D eigenvalue weighted by atomic mass is 19.1. The standard InChI is InChI=1S/C12H13FO3/c1-12(2)6-7-9(16-12)5-4-8(13)10(7)11(14)15-3/h4-5H,6H2,1-3H3. The van der Waals surface area contributed by atoms with Gasteiger partial charge in [-0.15, -0.1) is 0 Å². The van der Waals surface area contributed by atoms with Gasteiger partial charge < -0.3 is 9.47 Å². The molecule has 4 heteroatoms. The van der Waals surface area contributed by atoms with E-state index in [4.69, 9.17) is 4.74 Å². The molecular formula is C12H13FO3. The van der Waals surface area contributed by atoms with Crippen LogP contribution in [0, 0.1) is 5.82 Å². The van der Waals surface area contributed by atoms with Crippen molar-refractivity contribution in [3.8, 4) is 5.75 Å². The Morgan fingerprint density at radius 3 is 2.81 bits per heavy atom. The summed E-state index contributed by atoms with van der Waals surface area (Å²) in [6, 6.07) is 2.78. The third-order valence-corrected chi connectivity index (χ3v) is 2.60. The number of esters is 1. The first kappa shape index (κ1) is 10.9. The van der Waals surface area contributed by atoms with Crippen LogP contribution in [0.15, 0.2) is 12.1 Å². The first-order valence-electron chi connectivity index (χ1n) is 5.03. The van der Waals surface area contributed by atoms with E-state index in [1.807, 2.05) is 13.8 Å². The van der Waals surface area contributed by atoms with Crippen molar-refractivity contribution in [2.45, 2.75) is 25.9 Å². The summed E-state index contributed by atoms with van der Waals surface area (Å²) < 4.78 is 23.8. The SMILES string of the molecule is COC(=O)c1c(F)ccc2c1CC(C)(C)O2. The summed E-state index contributed by atoms with van der Waals surface area (Å²) in [4.78, 5) is 11.5. The van der Waals surface area contributed by atoms with Gasteiger partial charge >= 0.3 is 5.97 Å². The lowest BCUT2D eigenvalue weighted by Crippen LogP contribution is -2.25. The van der Waals surface area contributed by atoms with Crippen molar-refractivity contribution in [2.75, 3.05) is 7.11 Å². The Hall–Kier alpha value is -1.58. The molecule has 0 saturated heterocycles. The second-order valence-corrected chi connectivity index (χ2v) is 4.43. The fourth-order valence-electron chi connectivity index (χ4n) is 1.95. The predicted molar refractivity (Wildman–Crippen MR) is 56.2 cm³/mol. The first-order valence-corrected chi connectivity index (χ1v) is 5.03. The number of halogens is 1. The molecule has 0 bridgehead atoms. The van der Waals surface area contributed by atoms with Crippen LogP contribution in [0.4, 0.5) is 4.39 Å². The van der Waals surface area contributed by atoms with Gasteiger partial charge in [0.2, 0.25) is 0 Å². The summed E-state index contributed by atoms with van der Waals surface area (Å²) in [7, 11) is 1.24. The van der Waals surface area contributed by atoms with E-state index in [2.05, 4.69) is 4.74 Å². The highest BCUT2D eigenvalue weighted by Gasteiger charge is 2.35. The van der Waals surface area contributed by atoms with Gasteiger partial charge in [-0.25, -0.2) is 9.18 Å². The van der Waals surface area contributed by atoms with Crippen LogP contribution in [0.3, 0.4) is 0 Å². The lowest BCUT2D eigenvalue weighted by atomic mass is 9.97. The molecule has 0 aliphatic carbocycles. The van der Waals surface area contributed by atoms with Crippen LogP contribution >= 0.6 is 0 Å². The van der Waals surface area contributed by atoms with Gasteiger partial charge in [0.25, 0.3) is 0 Å². The second kappa shape index (κ2) is 3.47. The molecule has 0 aromatic heterocycles. The van der Waals surface area contributed by atoms with Gasteiger partial charge in [0.15, 0.2) is 0 Å². The Morgan fingerprint density at radius 1 is 1.50 bits per heavy atom. The summed E-state index contributed by atoms with van der Waals surface area (Å²) in [6.45, 7) is 3.79. The van der Waals surface area contributed by atoms with Crippen molar-refractivity contribution in [1.82, 2.24) is 0 Å². The molecule has 16 heavy (non-hydrogen) atoms. The number of hydrogen-bond acceptors (Lipinski definition) is 3. The highest BCUT2D eigenvalue weighted by molar-refractivity contribution is 5.92. The summed E-state index contributed by atoms with van der Waals surface area (Å²) >= 11 is 0. The molecule has 0 N–H and O–H groups in total. The molecule has 2 rings (SSSR count). The number of ether oxygens (including phenoxy) is 2. The summed E-state index contributed by atoms with van der Waals surface area (Å²) in [5.74, 6) is -0.658. The van der Waals surface area contributed by atoms with Crippen LogP contribution in [0.1, 0.15) is 29.8 Å². The molecule has 1 aliphatic heterocycles. The average Bonchev–Trinajstić information content (AvgIpc) is 2.51. The number of rotatable bonds is 1. The van der Waals surface area contributed by atoms with Gasteiger partial charge in [0, 0.05) is 12.0 Å². The van der Waals surface area contributed by atoms with Gasteiger partial charge in [-0.05, 0) is 26.0 Å². The predicted octanol–water partition coefficient (Wildman–Crippen LogP) is 2.33. The normalized spacial score (nSPS) is 16.5. The van der Waals surface area contributed by atoms with Crippen LogP contribution in [-0.4, -0.2) is 18.7 Å². The fourth-order valence-corrected chi connectivity index (χ4v) is 1.95. The van der Waals surface area contributed by atoms with Gasteiger partial charge in [-0.1, -0.05) is 0 Å². The minimum atomic E-state index is -0.657. The van der Waals surface area contributed by atoms with E-state index >= 15 is 0 Å². The Kier molecular flexibility index (Phi) is 2.37. The van der Waals surface area contributed by atoms with E-state index in [0.29, 0.717) is 17.7 Å². The van der Waals surface area contributed by atoms with E-state index in [0.717, 1.165) is 0 Å². The Morgan fingerprint density at radius 2 is 2.19 bits per heavy atom. The summed E-state index contributed by atoms with van der Waals surface area (Å²) in [5.41, 5.74) is 0.182. The van der Waals surface area contributed by atoms with Crippen LogP contribution in [0.5, 0.6) is 5.75 Å². The lowest BCUT2D eigenvalue weighted by molar-refractivity contribution is 0.0594. The Balaban J connectivity index is 2.55. The number of fused-ring (bicyclic) bond motifs is 1. The second-order valence-electron chi connectivity index (χ2n) is 4.43. The molecule has 1 aromatic carbocycles. The zero-order valence-corrected chi connectivity index (χ0v) is 9.46. The van der Waals surface area contributed by atoms with Gasteiger partial charge in [0.05, 0.1) is 7.11 Å². The topological polar surface area (TPSA) is 35.5 Å². The number of hydrogen-bond donors (Lipinski definition) is 0. The zero-order valence-electron chi connectivity index (χ0n) is 9.46. The molecule has 1 heterocycles. The minimum absolute atomic E-state index is 0.00873. The van der Waals surface area contributed by atoms with E-state index < -0.39 is 17.4 Å². The molecule has 3 nitrogen and oxygen atoms in total. The number of benzene rings is 1. The molecule has 0 atom stereocenters. The third kappa shape index (κ3) is 1.64. The van der Waals surface area contributed by atoms with Crippen LogP contribution in [-0.2, 0) is 11.2 Å². The quantitative estimate of drug-likeness (QED) is 0.687. The third-order valence-electron chi connectivity index (χ3n) is 2.60. The van der Waals surface area contributed by atoms with Gasteiger partial charge in [-0.2, -0.15) is 0 Å². The van der Waals surface area contributed by atoms with E-state index in [-0.39, 0.29) is 5.56 Å². The fraction of sp³-hybridized carbons (Fsp3) is 0.417. The van der Waals surface area contributed by atoms with Crippen LogP contribution in [0.25, 0.3) is 0 Å². The summed E-state index contributed by atoms with van der Waals surface area (Å²) in [5, 5.41) is 0. The van der Waals surface area contributed by atoms with Gasteiger partial charge in [0.1, 0.15) is 22.7 Å². The van der Waals surface area contributed by atoms with Crippen molar-refractivity contribution in [1.29, 1.82) is 0 Å². The molecule has 1 aliphatic rings. The largest absolute Gasteiger partial charge is 0.487 e. The smallest absolute Gasteiger partial charge is 0.341 e. The maximum Gasteiger partial charge on any atom is 0.341 e. The maximum atomic E-state index is 13.6. The molecule has 0 radical (unpaired) electrons. The average molecular weight is 224 g/mol. The molecule has 0 fully saturated rings. The van der Waals surface area contributed by atoms with E-state index in [1.165, 1.54) is 13.2 Å². The molecule has 1 aromatic rings. The number of carbonyl (C=O) groups is 1. The van der Waals surface area contributed by atoms with Gasteiger partial charge in [-0.3, -0.25) is 0 Å². The monoisotopic (exact) mass is 224 g/mol. The molecular weight excluding hydrogens is 211 g/mol. The van der Waals surface area contributed by atoms with Crippen molar-refractivity contribution in [3.63, 3.8) is 0 Å². The molecule has 0 amide bonds. The summed E-state index contributed by atoms with van der Waals surface area (Å²) in [6.07, 6.45) is 0.504. The Bertz CT molecular complexity index is 452. The van der Waals surface area contributed by atoms with Crippen molar-refractivity contribution >= 4 is 5.97 Å². The van der Waals surface area contributed by atoms with E-state index in [9.17, 15) is 9.18 Å². The van der Waals surface area contributed by atoms with Crippen molar-refractivity contribution in [2.24, 2.45) is 0 Å². The van der Waals surface area contributed by atoms with Crippen molar-refractivity contribution < 1.29 is 18.7 Å². The van der Waals surface area contributed by atoms with Crippen LogP contribution in [0.2, 0.25) is 0 Å². The molecule has 0 spiro atoms. The molecule has 0 unspecified atom stereocenters. The Labute approximate surface area is 93.2 Å². The number of methoxy groups -OCH3 is 1. The van der Waals surface area contributed by atoms with Crippen molar-refractivity contribution in [3.05, 3.63) is 29.1 Å². The molecule has 86 valence electrons. The zero-order chi connectivity index (χ0) is 11.9. The number of carbonyl (C=O) groups excluding carboxylic acids is 1.